The lowest BCUT2D eigenvalue weighted by Gasteiger charge is -2.38. The zero-order valence-corrected chi connectivity index (χ0v) is 13.0. The summed E-state index contributed by atoms with van der Waals surface area (Å²) in [6.45, 7) is 1.51. The van der Waals surface area contributed by atoms with E-state index in [-0.39, 0.29) is 5.91 Å². The van der Waals surface area contributed by atoms with Crippen molar-refractivity contribution in [3.05, 3.63) is 66.2 Å². The molecule has 0 unspecified atom stereocenters. The lowest BCUT2D eigenvalue weighted by molar-refractivity contribution is 0.0491. The molecule has 2 aromatic heterocycles. The quantitative estimate of drug-likeness (QED) is 0.738. The Bertz CT molecular complexity index is 826. The number of hydrogen-bond donors (Lipinski definition) is 0. The van der Waals surface area contributed by atoms with E-state index in [4.69, 9.17) is 4.52 Å². The van der Waals surface area contributed by atoms with Gasteiger partial charge in [0.25, 0.3) is 5.91 Å². The Balaban J connectivity index is 1.37. The first-order valence-electron chi connectivity index (χ1n) is 7.86. The van der Waals surface area contributed by atoms with Gasteiger partial charge in [0.15, 0.2) is 11.5 Å². The number of benzene rings is 1. The molecule has 1 aliphatic rings. The Kier molecular flexibility index (Phi) is 3.78. The molecule has 120 valence electrons. The van der Waals surface area contributed by atoms with Crippen LogP contribution in [0.15, 0.2) is 59.5 Å². The van der Waals surface area contributed by atoms with Gasteiger partial charge in [-0.15, -0.1) is 0 Å². The third-order valence-electron chi connectivity index (χ3n) is 4.18. The molecule has 1 fully saturated rings. The van der Waals surface area contributed by atoms with Crippen LogP contribution in [0.25, 0.3) is 11.5 Å². The summed E-state index contributed by atoms with van der Waals surface area (Å²) in [5.74, 6) is 0.884. The highest BCUT2D eigenvalue weighted by molar-refractivity contribution is 5.93. The summed E-state index contributed by atoms with van der Waals surface area (Å²) in [7, 11) is 0. The van der Waals surface area contributed by atoms with Gasteiger partial charge < -0.3 is 9.42 Å². The molecule has 0 N–H and O–H groups in total. The standard InChI is InChI=1S/C18H16N4O2/c23-18(16-9-17(24-21-16)15-6-7-19-12-20-15)22-10-14(11-22)8-13-4-2-1-3-5-13/h1-7,9,12,14H,8,10-11H2. The summed E-state index contributed by atoms with van der Waals surface area (Å²) >= 11 is 0. The Morgan fingerprint density at radius 1 is 1.21 bits per heavy atom. The second-order valence-corrected chi connectivity index (χ2v) is 5.94. The number of carbonyl (C=O) groups is 1. The van der Waals surface area contributed by atoms with Crippen LogP contribution in [0.5, 0.6) is 0 Å². The van der Waals surface area contributed by atoms with Crippen molar-refractivity contribution in [2.75, 3.05) is 13.1 Å². The molecule has 1 amide bonds. The minimum atomic E-state index is -0.0941. The third-order valence-corrected chi connectivity index (χ3v) is 4.18. The van der Waals surface area contributed by atoms with Crippen molar-refractivity contribution in [1.82, 2.24) is 20.0 Å². The van der Waals surface area contributed by atoms with E-state index in [1.54, 1.807) is 23.2 Å². The number of likely N-dealkylation sites (tertiary alicyclic amines) is 1. The molecule has 24 heavy (non-hydrogen) atoms. The minimum absolute atomic E-state index is 0.0941. The molecule has 0 atom stereocenters. The van der Waals surface area contributed by atoms with E-state index in [2.05, 4.69) is 27.3 Å². The molecule has 0 bridgehead atoms. The second-order valence-electron chi connectivity index (χ2n) is 5.94. The molecular formula is C18H16N4O2. The largest absolute Gasteiger partial charge is 0.354 e. The summed E-state index contributed by atoms with van der Waals surface area (Å²) in [6, 6.07) is 13.7. The van der Waals surface area contributed by atoms with Crippen molar-refractivity contribution in [2.24, 2.45) is 5.92 Å². The molecule has 4 rings (SSSR count). The van der Waals surface area contributed by atoms with Crippen LogP contribution in [-0.4, -0.2) is 39.0 Å². The number of amides is 1. The highest BCUT2D eigenvalue weighted by Gasteiger charge is 2.32. The molecule has 1 saturated heterocycles. The minimum Gasteiger partial charge on any atom is -0.354 e. The van der Waals surface area contributed by atoms with Crippen LogP contribution < -0.4 is 0 Å². The smallest absolute Gasteiger partial charge is 0.276 e. The van der Waals surface area contributed by atoms with E-state index >= 15 is 0 Å². The molecule has 6 nitrogen and oxygen atoms in total. The van der Waals surface area contributed by atoms with Crippen LogP contribution in [-0.2, 0) is 6.42 Å². The van der Waals surface area contributed by atoms with Gasteiger partial charge in [-0.25, -0.2) is 9.97 Å². The van der Waals surface area contributed by atoms with E-state index in [0.717, 1.165) is 19.5 Å². The average Bonchev–Trinajstić information content (AvgIpc) is 3.09. The maximum absolute atomic E-state index is 12.4. The van der Waals surface area contributed by atoms with E-state index in [9.17, 15) is 4.79 Å². The van der Waals surface area contributed by atoms with Gasteiger partial charge in [0.2, 0.25) is 0 Å². The van der Waals surface area contributed by atoms with Crippen LogP contribution in [0.1, 0.15) is 16.1 Å². The zero-order valence-electron chi connectivity index (χ0n) is 13.0. The van der Waals surface area contributed by atoms with Gasteiger partial charge in [-0.1, -0.05) is 35.5 Å². The first-order chi connectivity index (χ1) is 11.8. The SMILES string of the molecule is O=C(c1cc(-c2ccncn2)on1)N1CC(Cc2ccccc2)C1. The van der Waals surface area contributed by atoms with Crippen LogP contribution in [0.4, 0.5) is 0 Å². The molecule has 3 heterocycles. The predicted octanol–water partition coefficient (Wildman–Crippen LogP) is 2.45. The highest BCUT2D eigenvalue weighted by atomic mass is 16.5. The monoisotopic (exact) mass is 320 g/mol. The average molecular weight is 320 g/mol. The van der Waals surface area contributed by atoms with Gasteiger partial charge in [0.05, 0.1) is 0 Å². The topological polar surface area (TPSA) is 72.1 Å². The lowest BCUT2D eigenvalue weighted by Crippen LogP contribution is -2.50. The van der Waals surface area contributed by atoms with Crippen molar-refractivity contribution < 1.29 is 9.32 Å². The Morgan fingerprint density at radius 3 is 2.79 bits per heavy atom. The van der Waals surface area contributed by atoms with Crippen molar-refractivity contribution in [3.63, 3.8) is 0 Å². The van der Waals surface area contributed by atoms with E-state index in [1.807, 2.05) is 18.2 Å². The molecule has 0 saturated carbocycles. The molecule has 6 heteroatoms. The number of carbonyl (C=O) groups excluding carboxylic acids is 1. The normalized spacial score (nSPS) is 14.4. The fourth-order valence-electron chi connectivity index (χ4n) is 2.91. The van der Waals surface area contributed by atoms with Crippen LogP contribution in [0, 0.1) is 5.92 Å². The summed E-state index contributed by atoms with van der Waals surface area (Å²) in [6.07, 6.45) is 4.05. The Hall–Kier alpha value is -3.02. The summed E-state index contributed by atoms with van der Waals surface area (Å²) in [5.41, 5.74) is 2.24. The molecule has 0 radical (unpaired) electrons. The third kappa shape index (κ3) is 2.90. The van der Waals surface area contributed by atoms with Crippen LogP contribution in [0.2, 0.25) is 0 Å². The zero-order chi connectivity index (χ0) is 16.4. The lowest BCUT2D eigenvalue weighted by atomic mass is 9.92. The van der Waals surface area contributed by atoms with Gasteiger partial charge in [0.1, 0.15) is 12.0 Å². The van der Waals surface area contributed by atoms with E-state index < -0.39 is 0 Å². The molecule has 1 aromatic carbocycles. The Morgan fingerprint density at radius 2 is 2.04 bits per heavy atom. The van der Waals surface area contributed by atoms with Gasteiger partial charge >= 0.3 is 0 Å². The molecule has 1 aliphatic heterocycles. The predicted molar refractivity (Wildman–Crippen MR) is 87.1 cm³/mol. The maximum Gasteiger partial charge on any atom is 0.276 e. The van der Waals surface area contributed by atoms with E-state index in [1.165, 1.54) is 11.9 Å². The van der Waals surface area contributed by atoms with E-state index in [0.29, 0.717) is 23.1 Å². The van der Waals surface area contributed by atoms with Gasteiger partial charge in [-0.3, -0.25) is 4.79 Å². The molecule has 3 aromatic rings. The number of hydrogen-bond acceptors (Lipinski definition) is 5. The summed E-state index contributed by atoms with van der Waals surface area (Å²) < 4.78 is 5.23. The van der Waals surface area contributed by atoms with Crippen molar-refractivity contribution in [1.29, 1.82) is 0 Å². The Labute approximate surface area is 139 Å². The van der Waals surface area contributed by atoms with Crippen molar-refractivity contribution in [3.8, 4) is 11.5 Å². The fourth-order valence-corrected chi connectivity index (χ4v) is 2.91. The van der Waals surface area contributed by atoms with Gasteiger partial charge in [-0.05, 0) is 24.0 Å². The van der Waals surface area contributed by atoms with Crippen LogP contribution in [0.3, 0.4) is 0 Å². The highest BCUT2D eigenvalue weighted by Crippen LogP contribution is 2.24. The number of aromatic nitrogens is 3. The van der Waals surface area contributed by atoms with Crippen molar-refractivity contribution >= 4 is 5.91 Å². The molecule has 0 spiro atoms. The summed E-state index contributed by atoms with van der Waals surface area (Å²) in [4.78, 5) is 22.2. The summed E-state index contributed by atoms with van der Waals surface area (Å²) in [5, 5.41) is 3.88. The fraction of sp³-hybridized carbons (Fsp3) is 0.222. The maximum atomic E-state index is 12.4. The number of rotatable bonds is 4. The molecule has 0 aliphatic carbocycles. The van der Waals surface area contributed by atoms with Crippen LogP contribution >= 0.6 is 0 Å². The number of nitrogens with zero attached hydrogens (tertiary/aromatic N) is 4. The van der Waals surface area contributed by atoms with Gasteiger partial charge in [-0.2, -0.15) is 0 Å². The van der Waals surface area contributed by atoms with Gasteiger partial charge in [0, 0.05) is 25.4 Å². The van der Waals surface area contributed by atoms with Crippen molar-refractivity contribution in [2.45, 2.75) is 6.42 Å². The first kappa shape index (κ1) is 14.6. The first-order valence-corrected chi connectivity index (χ1v) is 7.86. The molecular weight excluding hydrogens is 304 g/mol. The second kappa shape index (κ2) is 6.23.